The first-order valence-electron chi connectivity index (χ1n) is 4.01. The number of anilines is 1. The van der Waals surface area contributed by atoms with Crippen molar-refractivity contribution in [2.75, 3.05) is 11.1 Å². The molecule has 1 aromatic carbocycles. The normalized spacial score (nSPS) is 10.9. The molecule has 0 bridgehead atoms. The SMILES string of the molecule is Nc1ccc(C=CCCBr)c(F)c1. The topological polar surface area (TPSA) is 26.0 Å². The van der Waals surface area contributed by atoms with E-state index < -0.39 is 0 Å². The van der Waals surface area contributed by atoms with Crippen molar-refractivity contribution >= 4 is 27.7 Å². The fourth-order valence-corrected chi connectivity index (χ4v) is 1.22. The number of hydrogen-bond acceptors (Lipinski definition) is 1. The third-order valence-electron chi connectivity index (χ3n) is 1.60. The molecule has 0 saturated carbocycles. The molecule has 0 radical (unpaired) electrons. The third-order valence-corrected chi connectivity index (χ3v) is 2.06. The van der Waals surface area contributed by atoms with Crippen LogP contribution < -0.4 is 5.73 Å². The molecule has 0 atom stereocenters. The average Bonchev–Trinajstić information content (AvgIpc) is 2.09. The number of alkyl halides is 1. The van der Waals surface area contributed by atoms with E-state index in [0.29, 0.717) is 11.3 Å². The van der Waals surface area contributed by atoms with Gasteiger partial charge in [-0.25, -0.2) is 4.39 Å². The van der Waals surface area contributed by atoms with Crippen molar-refractivity contribution in [3.63, 3.8) is 0 Å². The fourth-order valence-electron chi connectivity index (χ4n) is 0.952. The minimum absolute atomic E-state index is 0.272. The maximum Gasteiger partial charge on any atom is 0.132 e. The number of halogens is 2. The predicted molar refractivity (Wildman–Crippen MR) is 58.3 cm³/mol. The lowest BCUT2D eigenvalue weighted by molar-refractivity contribution is 0.625. The van der Waals surface area contributed by atoms with Crippen molar-refractivity contribution in [3.05, 3.63) is 35.7 Å². The summed E-state index contributed by atoms with van der Waals surface area (Å²) in [6.07, 6.45) is 4.57. The van der Waals surface area contributed by atoms with Crippen LogP contribution in [0.3, 0.4) is 0 Å². The van der Waals surface area contributed by atoms with Crippen molar-refractivity contribution < 1.29 is 4.39 Å². The summed E-state index contributed by atoms with van der Waals surface area (Å²) >= 11 is 3.29. The number of rotatable bonds is 3. The summed E-state index contributed by atoms with van der Waals surface area (Å²) < 4.78 is 13.1. The van der Waals surface area contributed by atoms with Gasteiger partial charge in [-0.05, 0) is 18.6 Å². The molecule has 13 heavy (non-hydrogen) atoms. The first kappa shape index (κ1) is 10.3. The standard InChI is InChI=1S/C10H11BrFN/c11-6-2-1-3-8-4-5-9(13)7-10(8)12/h1,3-5,7H,2,6,13H2. The molecule has 0 spiro atoms. The summed E-state index contributed by atoms with van der Waals surface area (Å²) in [6.45, 7) is 0. The molecule has 1 aromatic rings. The van der Waals surface area contributed by atoms with Crippen molar-refractivity contribution in [2.45, 2.75) is 6.42 Å². The third kappa shape index (κ3) is 3.19. The van der Waals surface area contributed by atoms with Gasteiger partial charge in [0.2, 0.25) is 0 Å². The van der Waals surface area contributed by atoms with E-state index in [1.165, 1.54) is 6.07 Å². The van der Waals surface area contributed by atoms with E-state index in [0.717, 1.165) is 11.8 Å². The highest BCUT2D eigenvalue weighted by Gasteiger charge is 1.97. The minimum Gasteiger partial charge on any atom is -0.399 e. The van der Waals surface area contributed by atoms with Crippen LogP contribution in [0.2, 0.25) is 0 Å². The van der Waals surface area contributed by atoms with E-state index in [9.17, 15) is 4.39 Å². The highest BCUT2D eigenvalue weighted by molar-refractivity contribution is 9.09. The van der Waals surface area contributed by atoms with Gasteiger partial charge in [-0.15, -0.1) is 0 Å². The summed E-state index contributed by atoms with van der Waals surface area (Å²) in [5, 5.41) is 0.889. The highest BCUT2D eigenvalue weighted by Crippen LogP contribution is 2.13. The molecule has 1 rings (SSSR count). The largest absolute Gasteiger partial charge is 0.399 e. The zero-order valence-corrected chi connectivity index (χ0v) is 8.72. The van der Waals surface area contributed by atoms with Crippen LogP contribution in [0, 0.1) is 5.82 Å². The Bertz CT molecular complexity index is 310. The lowest BCUT2D eigenvalue weighted by Gasteiger charge is -1.97. The lowest BCUT2D eigenvalue weighted by atomic mass is 10.2. The average molecular weight is 244 g/mol. The van der Waals surface area contributed by atoms with Gasteiger partial charge < -0.3 is 5.73 Å². The van der Waals surface area contributed by atoms with Crippen LogP contribution in [0.15, 0.2) is 24.3 Å². The van der Waals surface area contributed by atoms with Gasteiger partial charge in [-0.3, -0.25) is 0 Å². The van der Waals surface area contributed by atoms with E-state index in [1.54, 1.807) is 18.2 Å². The molecule has 0 aliphatic rings. The molecule has 0 aromatic heterocycles. The second kappa shape index (κ2) is 5.02. The monoisotopic (exact) mass is 243 g/mol. The summed E-state index contributed by atoms with van der Waals surface area (Å²) in [4.78, 5) is 0. The summed E-state index contributed by atoms with van der Waals surface area (Å²) in [6, 6.07) is 4.69. The second-order valence-corrected chi connectivity index (χ2v) is 3.45. The molecular formula is C10H11BrFN. The van der Waals surface area contributed by atoms with Crippen LogP contribution in [-0.4, -0.2) is 5.33 Å². The summed E-state index contributed by atoms with van der Waals surface area (Å²) in [5.74, 6) is -0.272. The second-order valence-electron chi connectivity index (χ2n) is 2.66. The van der Waals surface area contributed by atoms with Gasteiger partial charge in [0.05, 0.1) is 0 Å². The van der Waals surface area contributed by atoms with Gasteiger partial charge in [-0.2, -0.15) is 0 Å². The summed E-state index contributed by atoms with van der Waals surface area (Å²) in [7, 11) is 0. The van der Waals surface area contributed by atoms with Gasteiger partial charge in [0.25, 0.3) is 0 Å². The Morgan fingerprint density at radius 2 is 2.23 bits per heavy atom. The molecule has 1 nitrogen and oxygen atoms in total. The van der Waals surface area contributed by atoms with E-state index in [4.69, 9.17) is 5.73 Å². The first-order valence-corrected chi connectivity index (χ1v) is 5.13. The van der Waals surface area contributed by atoms with Gasteiger partial charge in [0.15, 0.2) is 0 Å². The van der Waals surface area contributed by atoms with Crippen LogP contribution >= 0.6 is 15.9 Å². The van der Waals surface area contributed by atoms with Gasteiger partial charge in [-0.1, -0.05) is 34.1 Å². The Labute approximate surface area is 85.6 Å². The number of hydrogen-bond donors (Lipinski definition) is 1. The van der Waals surface area contributed by atoms with E-state index >= 15 is 0 Å². The van der Waals surface area contributed by atoms with Crippen LogP contribution in [0.1, 0.15) is 12.0 Å². The fraction of sp³-hybridized carbons (Fsp3) is 0.200. The number of nitrogens with two attached hydrogens (primary N) is 1. The molecule has 0 aliphatic heterocycles. The zero-order valence-electron chi connectivity index (χ0n) is 7.13. The maximum atomic E-state index is 13.1. The van der Waals surface area contributed by atoms with E-state index in [2.05, 4.69) is 15.9 Å². The molecule has 70 valence electrons. The molecule has 0 saturated heterocycles. The zero-order chi connectivity index (χ0) is 9.68. The molecule has 0 amide bonds. The quantitative estimate of drug-likeness (QED) is 0.641. The molecule has 0 unspecified atom stereocenters. The minimum atomic E-state index is -0.272. The Morgan fingerprint density at radius 1 is 1.46 bits per heavy atom. The Kier molecular flexibility index (Phi) is 3.96. The Hall–Kier alpha value is -0.830. The van der Waals surface area contributed by atoms with Crippen molar-refractivity contribution in [3.8, 4) is 0 Å². The van der Waals surface area contributed by atoms with E-state index in [1.807, 2.05) is 6.08 Å². The lowest BCUT2D eigenvalue weighted by Crippen LogP contribution is -1.88. The highest BCUT2D eigenvalue weighted by atomic mass is 79.9. The molecule has 0 heterocycles. The Balaban J connectivity index is 2.77. The van der Waals surface area contributed by atoms with Crippen LogP contribution in [0.25, 0.3) is 6.08 Å². The number of nitrogen functional groups attached to an aromatic ring is 1. The first-order chi connectivity index (χ1) is 6.24. The number of allylic oxidation sites excluding steroid dienone is 1. The summed E-state index contributed by atoms with van der Waals surface area (Å²) in [5.41, 5.74) is 6.44. The van der Waals surface area contributed by atoms with Gasteiger partial charge >= 0.3 is 0 Å². The van der Waals surface area contributed by atoms with Crippen LogP contribution in [0.5, 0.6) is 0 Å². The predicted octanol–water partition coefficient (Wildman–Crippen LogP) is 3.21. The number of benzene rings is 1. The van der Waals surface area contributed by atoms with Gasteiger partial charge in [0.1, 0.15) is 5.82 Å². The molecule has 0 fully saturated rings. The molecule has 3 heteroatoms. The van der Waals surface area contributed by atoms with Crippen LogP contribution in [0.4, 0.5) is 10.1 Å². The molecule has 0 aliphatic carbocycles. The van der Waals surface area contributed by atoms with E-state index in [-0.39, 0.29) is 5.82 Å². The van der Waals surface area contributed by atoms with Crippen LogP contribution in [-0.2, 0) is 0 Å². The van der Waals surface area contributed by atoms with Crippen molar-refractivity contribution in [1.29, 1.82) is 0 Å². The molecule has 2 N–H and O–H groups in total. The maximum absolute atomic E-state index is 13.1. The Morgan fingerprint density at radius 3 is 2.85 bits per heavy atom. The van der Waals surface area contributed by atoms with Gasteiger partial charge in [0, 0.05) is 16.6 Å². The smallest absolute Gasteiger partial charge is 0.132 e. The van der Waals surface area contributed by atoms with Crippen molar-refractivity contribution in [1.82, 2.24) is 0 Å². The molecular weight excluding hydrogens is 233 g/mol. The van der Waals surface area contributed by atoms with Crippen molar-refractivity contribution in [2.24, 2.45) is 0 Å².